The molecular formula is C23H42N10O5S2. The first-order valence-corrected chi connectivity index (χ1v) is 14.8. The van der Waals surface area contributed by atoms with E-state index in [1.165, 1.54) is 7.05 Å². The van der Waals surface area contributed by atoms with Crippen LogP contribution in [0.15, 0.2) is 28.4 Å². The largest absolute Gasteiger partial charge is 0.383 e. The Bertz CT molecular complexity index is 1400. The zero-order valence-electron chi connectivity index (χ0n) is 25.1. The van der Waals surface area contributed by atoms with Crippen molar-refractivity contribution < 1.29 is 12.6 Å². The normalized spacial score (nSPS) is 20.2. The first-order valence-electron chi connectivity index (χ1n) is 12.2. The van der Waals surface area contributed by atoms with E-state index in [-0.39, 0.29) is 28.3 Å². The Labute approximate surface area is 238 Å². The zero-order valence-corrected chi connectivity index (χ0v) is 26.8. The molecule has 2 aliphatic rings. The minimum absolute atomic E-state index is 0.106. The molecule has 0 aromatic heterocycles. The van der Waals surface area contributed by atoms with Gasteiger partial charge in [0.15, 0.2) is 23.3 Å². The highest BCUT2D eigenvalue weighted by Crippen LogP contribution is 2.18. The Morgan fingerprint density at radius 3 is 1.65 bits per heavy atom. The minimum Gasteiger partial charge on any atom is -0.383 e. The second-order valence-corrected chi connectivity index (χ2v) is 13.9. The molecule has 17 heteroatoms. The van der Waals surface area contributed by atoms with E-state index in [0.717, 1.165) is 0 Å². The number of amidine groups is 4. The molecule has 226 valence electrons. The summed E-state index contributed by atoms with van der Waals surface area (Å²) in [5.41, 5.74) is -0.730. The molecule has 1 atom stereocenters. The summed E-state index contributed by atoms with van der Waals surface area (Å²) in [6.45, 7) is 17.4. The number of rotatable bonds is 2. The third-order valence-electron chi connectivity index (χ3n) is 4.31. The molecule has 15 nitrogen and oxygen atoms in total. The van der Waals surface area contributed by atoms with Gasteiger partial charge in [0.25, 0.3) is 22.0 Å². The summed E-state index contributed by atoms with van der Waals surface area (Å²) in [5, 5.41) is 11.6. The summed E-state index contributed by atoms with van der Waals surface area (Å²) in [4.78, 5) is 30.0. The highest BCUT2D eigenvalue weighted by atomic mass is 32.2. The Morgan fingerprint density at radius 2 is 1.23 bits per heavy atom. The lowest BCUT2D eigenvalue weighted by Gasteiger charge is -2.24. The predicted octanol–water partition coefficient (Wildman–Crippen LogP) is 0.167. The van der Waals surface area contributed by atoms with E-state index in [1.807, 2.05) is 62.3 Å². The first kappa shape index (κ1) is 34.7. The quantitative estimate of drug-likeness (QED) is 0.255. The van der Waals surface area contributed by atoms with Gasteiger partial charge >= 0.3 is 10.2 Å². The standard InChI is InChI=1S/C9H14N2O2.C7H14N4O2S.C7H14N4OS/c1-9(2,3)11-6-5(10-4)7(12)8(6)13;1-7(2,3)9-6-5(8-4)10-14(12,13)11-6;1-7(2,3)9-6-5(8-4)10-13(12)11-6/h10-11H,1-4H3;1-4H3,(H,8,10)(H,9,11);1-4H3,(H,8,10)(H,9,11). The molecular weight excluding hydrogens is 560 g/mol. The van der Waals surface area contributed by atoms with Gasteiger partial charge in [0.05, 0.1) is 5.54 Å². The van der Waals surface area contributed by atoms with Crippen LogP contribution in [0, 0.1) is 0 Å². The van der Waals surface area contributed by atoms with Crippen molar-refractivity contribution in [3.8, 4) is 0 Å². The van der Waals surface area contributed by atoms with Gasteiger partial charge in [-0.05, 0) is 62.3 Å². The number of nitrogens with zero attached hydrogens (tertiary/aromatic N) is 4. The molecule has 0 bridgehead atoms. The molecule has 1 aromatic rings. The Hall–Kier alpha value is -3.34. The van der Waals surface area contributed by atoms with Gasteiger partial charge < -0.3 is 21.3 Å². The van der Waals surface area contributed by atoms with Gasteiger partial charge in [-0.15, -0.1) is 8.80 Å². The van der Waals surface area contributed by atoms with E-state index in [0.29, 0.717) is 23.0 Å². The van der Waals surface area contributed by atoms with Crippen molar-refractivity contribution in [2.75, 3.05) is 31.8 Å². The topological polar surface area (TPSA) is 207 Å². The Morgan fingerprint density at radius 1 is 0.750 bits per heavy atom. The van der Waals surface area contributed by atoms with Crippen LogP contribution in [0.2, 0.25) is 0 Å². The highest BCUT2D eigenvalue weighted by molar-refractivity contribution is 7.89. The molecule has 1 fully saturated rings. The van der Waals surface area contributed by atoms with E-state index in [9.17, 15) is 22.2 Å². The summed E-state index contributed by atoms with van der Waals surface area (Å²) in [5.74, 6) is 1.63. The second kappa shape index (κ2) is 12.9. The van der Waals surface area contributed by atoms with Crippen LogP contribution in [-0.4, -0.2) is 73.7 Å². The molecule has 0 radical (unpaired) electrons. The predicted molar refractivity (Wildman–Crippen MR) is 165 cm³/mol. The average molecular weight is 603 g/mol. The van der Waals surface area contributed by atoms with Crippen molar-refractivity contribution in [2.24, 2.45) is 18.8 Å². The van der Waals surface area contributed by atoms with E-state index >= 15 is 0 Å². The number of hydrogen-bond acceptors (Lipinski definition) is 11. The van der Waals surface area contributed by atoms with Gasteiger partial charge in [-0.25, -0.2) is 13.7 Å². The van der Waals surface area contributed by atoms with Crippen molar-refractivity contribution in [3.63, 3.8) is 0 Å². The van der Waals surface area contributed by atoms with Gasteiger partial charge in [-0.1, -0.05) is 0 Å². The molecule has 0 saturated carbocycles. The number of nitrogens with one attached hydrogen (secondary N) is 6. The Balaban J connectivity index is 0.000000300. The number of hydrogen-bond donors (Lipinski definition) is 6. The molecule has 0 spiro atoms. The molecule has 2 heterocycles. The summed E-state index contributed by atoms with van der Waals surface area (Å²) in [6.07, 6.45) is 0. The lowest BCUT2D eigenvalue weighted by atomic mass is 10.1. The van der Waals surface area contributed by atoms with Crippen LogP contribution in [0.1, 0.15) is 62.3 Å². The molecule has 1 saturated heterocycles. The molecule has 6 N–H and O–H groups in total. The van der Waals surface area contributed by atoms with Crippen LogP contribution >= 0.6 is 0 Å². The third kappa shape index (κ3) is 11.0. The molecule has 0 amide bonds. The SMILES string of the molecule is CN=C1NS(=O)(=O)NC1=NC(C)(C)C.CNC1=NS(=O)N=C1NC(C)(C)C.CNc1c(NC(C)(C)C)c(=O)c1=O. The minimum atomic E-state index is -3.49. The zero-order chi connectivity index (χ0) is 31.3. The van der Waals surface area contributed by atoms with Gasteiger partial charge in [0.2, 0.25) is 0 Å². The molecule has 1 aromatic carbocycles. The van der Waals surface area contributed by atoms with Crippen LogP contribution in [0.25, 0.3) is 0 Å². The maximum Gasteiger partial charge on any atom is 0.324 e. The number of aliphatic imine (C=N–C) groups is 2. The first-order chi connectivity index (χ1) is 18.0. The van der Waals surface area contributed by atoms with Crippen LogP contribution < -0.4 is 41.6 Å². The van der Waals surface area contributed by atoms with E-state index in [2.05, 4.69) is 49.5 Å². The fourth-order valence-electron chi connectivity index (χ4n) is 2.93. The van der Waals surface area contributed by atoms with Crippen molar-refractivity contribution in [1.29, 1.82) is 0 Å². The van der Waals surface area contributed by atoms with Crippen LogP contribution in [0.4, 0.5) is 11.4 Å². The molecule has 2 aliphatic heterocycles. The summed E-state index contributed by atoms with van der Waals surface area (Å²) >= 11 is -1.47. The molecule has 1 unspecified atom stereocenters. The average Bonchev–Trinajstić information content (AvgIpc) is 3.27. The molecule has 40 heavy (non-hydrogen) atoms. The maximum atomic E-state index is 11.1. The van der Waals surface area contributed by atoms with Crippen LogP contribution in [0.5, 0.6) is 0 Å². The molecule has 3 rings (SSSR count). The van der Waals surface area contributed by atoms with Crippen molar-refractivity contribution in [1.82, 2.24) is 20.1 Å². The van der Waals surface area contributed by atoms with Crippen molar-refractivity contribution >= 4 is 56.1 Å². The number of anilines is 2. The van der Waals surface area contributed by atoms with Crippen molar-refractivity contribution in [3.05, 3.63) is 20.4 Å². The van der Waals surface area contributed by atoms with Gasteiger partial charge in [0.1, 0.15) is 11.4 Å². The fourth-order valence-corrected chi connectivity index (χ4v) is 4.48. The second-order valence-electron chi connectivity index (χ2n) is 11.7. The third-order valence-corrected chi connectivity index (χ3v) is 5.91. The summed E-state index contributed by atoms with van der Waals surface area (Å²) in [7, 11) is 1.36. The smallest absolute Gasteiger partial charge is 0.324 e. The lowest BCUT2D eigenvalue weighted by molar-refractivity contribution is 0.514. The monoisotopic (exact) mass is 602 g/mol. The maximum absolute atomic E-state index is 11.1. The molecule has 0 aliphatic carbocycles. The van der Waals surface area contributed by atoms with Gasteiger partial charge in [-0.3, -0.25) is 19.6 Å². The summed E-state index contributed by atoms with van der Waals surface area (Å²) < 4.78 is 45.3. The van der Waals surface area contributed by atoms with E-state index in [4.69, 9.17) is 0 Å². The van der Waals surface area contributed by atoms with Crippen LogP contribution in [-0.2, 0) is 21.4 Å². The highest BCUT2D eigenvalue weighted by Gasteiger charge is 2.29. The summed E-state index contributed by atoms with van der Waals surface area (Å²) in [6, 6.07) is 0. The lowest BCUT2D eigenvalue weighted by Crippen LogP contribution is -2.46. The fraction of sp³-hybridized carbons (Fsp3) is 0.652. The van der Waals surface area contributed by atoms with E-state index < -0.39 is 32.2 Å². The van der Waals surface area contributed by atoms with Crippen LogP contribution in [0.3, 0.4) is 0 Å². The van der Waals surface area contributed by atoms with Gasteiger partial charge in [0, 0.05) is 32.2 Å². The van der Waals surface area contributed by atoms with Crippen molar-refractivity contribution in [2.45, 2.75) is 78.9 Å². The number of likely N-dealkylation sites (N-methyl/N-ethyl adjacent to an activating group) is 1. The van der Waals surface area contributed by atoms with Gasteiger partial charge in [-0.2, -0.15) is 8.42 Å². The van der Waals surface area contributed by atoms with E-state index in [1.54, 1.807) is 14.1 Å². The Kier molecular flexibility index (Phi) is 11.2.